The fourth-order valence-corrected chi connectivity index (χ4v) is 9.98. The second kappa shape index (κ2) is 10.9. The highest BCUT2D eigenvalue weighted by Gasteiger charge is 2.35. The molecule has 11 rings (SSSR count). The van der Waals surface area contributed by atoms with Gasteiger partial charge in [0.25, 0.3) is 0 Å². The van der Waals surface area contributed by atoms with E-state index in [4.69, 9.17) is 4.42 Å². The van der Waals surface area contributed by atoms with Crippen LogP contribution in [0.2, 0.25) is 0 Å². The number of rotatable bonds is 4. The molecular weight excluding hydrogens is 651 g/mol. The first kappa shape index (κ1) is 29.6. The summed E-state index contributed by atoms with van der Waals surface area (Å²) in [5.41, 5.74) is 12.9. The summed E-state index contributed by atoms with van der Waals surface area (Å²) in [4.78, 5) is 2.38. The third-order valence-electron chi connectivity index (χ3n) is 11.3. The third kappa shape index (κ3) is 4.23. The Morgan fingerprint density at radius 2 is 1.13 bits per heavy atom. The molecule has 1 aliphatic rings. The number of furan rings is 1. The first-order chi connectivity index (χ1) is 25.5. The van der Waals surface area contributed by atoms with Crippen LogP contribution in [0.4, 0.5) is 17.1 Å². The van der Waals surface area contributed by atoms with E-state index in [-0.39, 0.29) is 5.41 Å². The van der Waals surface area contributed by atoms with Crippen molar-refractivity contribution >= 4 is 81.3 Å². The van der Waals surface area contributed by atoms with Crippen LogP contribution in [0.15, 0.2) is 168 Å². The van der Waals surface area contributed by atoms with Crippen molar-refractivity contribution in [3.05, 3.63) is 175 Å². The summed E-state index contributed by atoms with van der Waals surface area (Å²) in [7, 11) is 0. The van der Waals surface area contributed by atoms with Crippen LogP contribution >= 0.6 is 11.3 Å². The van der Waals surface area contributed by atoms with E-state index in [1.165, 1.54) is 64.3 Å². The van der Waals surface area contributed by atoms with Crippen LogP contribution in [0, 0.1) is 0 Å². The van der Waals surface area contributed by atoms with Gasteiger partial charge in [-0.15, -0.1) is 11.3 Å². The summed E-state index contributed by atoms with van der Waals surface area (Å²) in [5, 5.41) is 7.45. The minimum atomic E-state index is -0.107. The lowest BCUT2D eigenvalue weighted by atomic mass is 9.82. The Labute approximate surface area is 305 Å². The van der Waals surface area contributed by atoms with Crippen LogP contribution < -0.4 is 4.90 Å². The van der Waals surface area contributed by atoms with Gasteiger partial charge in [-0.2, -0.15) is 0 Å². The molecule has 0 bridgehead atoms. The molecule has 52 heavy (non-hydrogen) atoms. The molecule has 8 aromatic carbocycles. The average molecular weight is 684 g/mol. The predicted molar refractivity (Wildman–Crippen MR) is 222 cm³/mol. The average Bonchev–Trinajstić information content (AvgIpc) is 3.82. The van der Waals surface area contributed by atoms with Crippen LogP contribution in [-0.2, 0) is 5.41 Å². The van der Waals surface area contributed by atoms with Gasteiger partial charge in [0.2, 0.25) is 0 Å². The van der Waals surface area contributed by atoms with Crippen LogP contribution in [0.3, 0.4) is 0 Å². The number of nitrogens with zero attached hydrogens (tertiary/aromatic N) is 1. The van der Waals surface area contributed by atoms with Gasteiger partial charge in [0.05, 0.1) is 0 Å². The predicted octanol–water partition coefficient (Wildman–Crippen LogP) is 14.6. The molecule has 2 aromatic heterocycles. The van der Waals surface area contributed by atoms with Gasteiger partial charge < -0.3 is 9.32 Å². The maximum Gasteiger partial charge on any atom is 0.137 e. The number of hydrogen-bond donors (Lipinski definition) is 0. The first-order valence-corrected chi connectivity index (χ1v) is 18.7. The molecule has 2 heterocycles. The van der Waals surface area contributed by atoms with Crippen LogP contribution in [0.5, 0.6) is 0 Å². The van der Waals surface area contributed by atoms with Gasteiger partial charge in [-0.1, -0.05) is 117 Å². The number of thiophene rings is 1. The van der Waals surface area contributed by atoms with Gasteiger partial charge >= 0.3 is 0 Å². The van der Waals surface area contributed by atoms with E-state index < -0.39 is 0 Å². The Bertz CT molecular complexity index is 3050. The monoisotopic (exact) mass is 683 g/mol. The second-order valence-electron chi connectivity index (χ2n) is 14.5. The molecular formula is C49H33NOS. The molecule has 0 aliphatic heterocycles. The minimum Gasteiger partial charge on any atom is -0.456 e. The van der Waals surface area contributed by atoms with Crippen LogP contribution in [0.25, 0.3) is 75.1 Å². The molecule has 1 aliphatic carbocycles. The number of benzene rings is 8. The van der Waals surface area contributed by atoms with Gasteiger partial charge in [0.15, 0.2) is 0 Å². The van der Waals surface area contributed by atoms with E-state index in [1.54, 1.807) is 0 Å². The van der Waals surface area contributed by atoms with E-state index in [0.29, 0.717) is 0 Å². The van der Waals surface area contributed by atoms with Gasteiger partial charge in [-0.05, 0) is 93.2 Å². The Hall–Kier alpha value is -6.16. The van der Waals surface area contributed by atoms with Crippen molar-refractivity contribution in [2.24, 2.45) is 0 Å². The number of hydrogen-bond acceptors (Lipinski definition) is 3. The highest BCUT2D eigenvalue weighted by atomic mass is 32.1. The van der Waals surface area contributed by atoms with Crippen molar-refractivity contribution in [3.8, 4) is 22.3 Å². The summed E-state index contributed by atoms with van der Waals surface area (Å²) < 4.78 is 9.08. The molecule has 0 amide bonds. The maximum absolute atomic E-state index is 6.42. The van der Waals surface area contributed by atoms with Crippen molar-refractivity contribution in [2.75, 3.05) is 4.90 Å². The minimum absolute atomic E-state index is 0.107. The molecule has 10 aromatic rings. The van der Waals surface area contributed by atoms with Gasteiger partial charge in [0.1, 0.15) is 11.2 Å². The largest absolute Gasteiger partial charge is 0.456 e. The van der Waals surface area contributed by atoms with Crippen molar-refractivity contribution in [1.29, 1.82) is 0 Å². The third-order valence-corrected chi connectivity index (χ3v) is 12.5. The number of fused-ring (bicyclic) bond motifs is 10. The van der Waals surface area contributed by atoms with E-state index in [0.717, 1.165) is 39.0 Å². The van der Waals surface area contributed by atoms with Crippen LogP contribution in [0.1, 0.15) is 25.0 Å². The summed E-state index contributed by atoms with van der Waals surface area (Å²) in [6, 6.07) is 59.9. The fourth-order valence-electron chi connectivity index (χ4n) is 8.72. The SMILES string of the molecule is CC1(C)c2ccccc2-c2ccc(N(c3ccc(-c4c5ccccc5cc5c4sc4ccccc45)cc3)c3ccc4c(c3)oc3ccccc34)cc21. The lowest BCUT2D eigenvalue weighted by molar-refractivity contribution is 0.660. The summed E-state index contributed by atoms with van der Waals surface area (Å²) in [6.07, 6.45) is 0. The van der Waals surface area contributed by atoms with Gasteiger partial charge in [-0.25, -0.2) is 0 Å². The molecule has 0 radical (unpaired) electrons. The molecule has 0 saturated heterocycles. The Kier molecular flexibility index (Phi) is 6.21. The summed E-state index contributed by atoms with van der Waals surface area (Å²) >= 11 is 1.89. The lowest BCUT2D eigenvalue weighted by Crippen LogP contribution is -2.16. The van der Waals surface area contributed by atoms with Crippen molar-refractivity contribution < 1.29 is 4.42 Å². The first-order valence-electron chi connectivity index (χ1n) is 17.9. The highest BCUT2D eigenvalue weighted by molar-refractivity contribution is 7.26. The Morgan fingerprint density at radius 1 is 0.481 bits per heavy atom. The molecule has 246 valence electrons. The van der Waals surface area contributed by atoms with E-state index in [9.17, 15) is 0 Å². The number of anilines is 3. The molecule has 2 nitrogen and oxygen atoms in total. The van der Waals surface area contributed by atoms with Gasteiger partial charge in [-0.3, -0.25) is 0 Å². The van der Waals surface area contributed by atoms with Crippen molar-refractivity contribution in [2.45, 2.75) is 19.3 Å². The molecule has 0 N–H and O–H groups in total. The summed E-state index contributed by atoms with van der Waals surface area (Å²) in [6.45, 7) is 4.69. The molecule has 0 fully saturated rings. The molecule has 0 spiro atoms. The summed E-state index contributed by atoms with van der Waals surface area (Å²) in [5.74, 6) is 0. The van der Waals surface area contributed by atoms with E-state index in [2.05, 4.69) is 170 Å². The van der Waals surface area contributed by atoms with Crippen molar-refractivity contribution in [3.63, 3.8) is 0 Å². The number of para-hydroxylation sites is 1. The zero-order valence-corrected chi connectivity index (χ0v) is 29.7. The highest BCUT2D eigenvalue weighted by Crippen LogP contribution is 2.51. The molecule has 0 saturated carbocycles. The standard InChI is InChI=1S/C49H33NOS/c1-49(2)42-16-8-5-13-36(42)37-25-23-33(28-43(37)49)50(34-24-26-39-38-14-6-9-17-44(38)51-45(39)29-34)32-21-19-30(20-22-32)47-35-12-4-3-11-31(35)27-41-40-15-7-10-18-46(40)52-48(41)47/h3-29H,1-2H3. The van der Waals surface area contributed by atoms with Crippen molar-refractivity contribution in [1.82, 2.24) is 0 Å². The topological polar surface area (TPSA) is 16.4 Å². The normalized spacial score (nSPS) is 13.3. The van der Waals surface area contributed by atoms with Gasteiger partial charge in [0, 0.05) is 65.1 Å². The second-order valence-corrected chi connectivity index (χ2v) is 15.6. The quantitative estimate of drug-likeness (QED) is 0.184. The maximum atomic E-state index is 6.42. The molecule has 0 unspecified atom stereocenters. The Morgan fingerprint density at radius 3 is 2.02 bits per heavy atom. The van der Waals surface area contributed by atoms with E-state index >= 15 is 0 Å². The smallest absolute Gasteiger partial charge is 0.137 e. The molecule has 3 heteroatoms. The van der Waals surface area contributed by atoms with Crippen LogP contribution in [-0.4, -0.2) is 0 Å². The molecule has 0 atom stereocenters. The van der Waals surface area contributed by atoms with E-state index in [1.807, 2.05) is 23.5 Å². The zero-order chi connectivity index (χ0) is 34.6. The fraction of sp³-hybridized carbons (Fsp3) is 0.0612. The zero-order valence-electron chi connectivity index (χ0n) is 28.9. The lowest BCUT2D eigenvalue weighted by Gasteiger charge is -2.28. The Balaban J connectivity index is 1.11.